The van der Waals surface area contributed by atoms with Gasteiger partial charge in [-0.15, -0.1) is 0 Å². The minimum atomic E-state index is -1.31. The summed E-state index contributed by atoms with van der Waals surface area (Å²) >= 11 is 0. The molecule has 2 rings (SSSR count). The van der Waals surface area contributed by atoms with Crippen LogP contribution in [0.3, 0.4) is 0 Å². The normalized spacial score (nSPS) is 13.8. The summed E-state index contributed by atoms with van der Waals surface area (Å²) in [5.74, 6) is -1.31. The van der Waals surface area contributed by atoms with E-state index < -0.39 is 11.5 Å². The fourth-order valence-corrected chi connectivity index (χ4v) is 2.92. The van der Waals surface area contributed by atoms with Crippen LogP contribution in [0.4, 0.5) is 0 Å². The van der Waals surface area contributed by atoms with E-state index in [1.807, 2.05) is 67.6 Å². The minimum Gasteiger partial charge on any atom is -0.480 e. The van der Waals surface area contributed by atoms with Gasteiger partial charge in [0.15, 0.2) is 0 Å². The lowest BCUT2D eigenvalue weighted by Crippen LogP contribution is -2.53. The molecule has 3 heteroatoms. The largest absolute Gasteiger partial charge is 0.480 e. The molecule has 0 aliphatic rings. The van der Waals surface area contributed by atoms with Crippen molar-refractivity contribution >= 4 is 5.97 Å². The lowest BCUT2D eigenvalue weighted by atomic mass is 9.73. The number of carbonyl (C=O) groups is 1. The molecule has 0 aliphatic carbocycles. The molecule has 116 valence electrons. The topological polar surface area (TPSA) is 63.3 Å². The molecule has 0 heterocycles. The quantitative estimate of drug-likeness (QED) is 0.817. The van der Waals surface area contributed by atoms with Crippen molar-refractivity contribution in [3.05, 3.63) is 71.8 Å². The van der Waals surface area contributed by atoms with E-state index in [9.17, 15) is 9.90 Å². The van der Waals surface area contributed by atoms with Crippen LogP contribution >= 0.6 is 0 Å². The van der Waals surface area contributed by atoms with Crippen LogP contribution in [0.15, 0.2) is 60.7 Å². The molecule has 0 aromatic heterocycles. The Morgan fingerprint density at radius 2 is 1.50 bits per heavy atom. The predicted molar refractivity (Wildman–Crippen MR) is 88.8 cm³/mol. The highest BCUT2D eigenvalue weighted by Crippen LogP contribution is 2.36. The summed E-state index contributed by atoms with van der Waals surface area (Å²) in [5.41, 5.74) is 7.01. The summed E-state index contributed by atoms with van der Waals surface area (Å²) in [6.45, 7) is 2.04. The summed E-state index contributed by atoms with van der Waals surface area (Å²) < 4.78 is 0. The Morgan fingerprint density at radius 3 is 1.86 bits per heavy atom. The zero-order chi connectivity index (χ0) is 16.0. The first kappa shape index (κ1) is 16.2. The maximum absolute atomic E-state index is 12.0. The highest BCUT2D eigenvalue weighted by Gasteiger charge is 2.43. The van der Waals surface area contributed by atoms with Crippen molar-refractivity contribution < 1.29 is 9.90 Å². The summed E-state index contributed by atoms with van der Waals surface area (Å²) in [6.07, 6.45) is 2.16. The summed E-state index contributed by atoms with van der Waals surface area (Å²) in [6, 6.07) is 19.4. The molecule has 22 heavy (non-hydrogen) atoms. The van der Waals surface area contributed by atoms with E-state index in [0.717, 1.165) is 24.0 Å². The van der Waals surface area contributed by atoms with Gasteiger partial charge in [0.25, 0.3) is 0 Å². The number of hydrogen-bond acceptors (Lipinski definition) is 2. The number of aliphatic carboxylic acids is 1. The van der Waals surface area contributed by atoms with Gasteiger partial charge in [0, 0.05) is 5.92 Å². The van der Waals surface area contributed by atoms with Gasteiger partial charge in [-0.25, -0.2) is 0 Å². The van der Waals surface area contributed by atoms with Gasteiger partial charge in [-0.05, 0) is 17.5 Å². The molecule has 1 unspecified atom stereocenters. The molecule has 2 aromatic carbocycles. The molecular weight excluding hydrogens is 274 g/mol. The van der Waals surface area contributed by atoms with E-state index in [2.05, 4.69) is 0 Å². The van der Waals surface area contributed by atoms with Gasteiger partial charge < -0.3 is 10.8 Å². The molecule has 0 bridgehead atoms. The van der Waals surface area contributed by atoms with Gasteiger partial charge >= 0.3 is 5.97 Å². The van der Waals surface area contributed by atoms with E-state index in [-0.39, 0.29) is 5.92 Å². The molecule has 0 spiro atoms. The first-order valence-electron chi connectivity index (χ1n) is 7.71. The Balaban J connectivity index is 2.54. The van der Waals surface area contributed by atoms with E-state index in [4.69, 9.17) is 5.73 Å². The van der Waals surface area contributed by atoms with E-state index in [1.165, 1.54) is 0 Å². The summed E-state index contributed by atoms with van der Waals surface area (Å²) in [5, 5.41) is 9.83. The molecule has 0 aliphatic heterocycles. The second kappa shape index (κ2) is 7.23. The Labute approximate surface area is 131 Å². The average Bonchev–Trinajstić information content (AvgIpc) is 2.55. The standard InChI is InChI=1S/C19H23NO2/c1-2-3-14-19(20,18(21)22)17(15-10-6-4-7-11-15)16-12-8-5-9-13-16/h4-13,17H,2-3,14,20H2,1H3,(H,21,22). The van der Waals surface area contributed by atoms with Gasteiger partial charge in [0.2, 0.25) is 0 Å². The Hall–Kier alpha value is -2.13. The fraction of sp³-hybridized carbons (Fsp3) is 0.316. The van der Waals surface area contributed by atoms with E-state index in [0.29, 0.717) is 6.42 Å². The maximum atomic E-state index is 12.0. The SMILES string of the molecule is CCCCC(N)(C(=O)O)C(c1ccccc1)c1ccccc1. The molecular formula is C19H23NO2. The molecule has 0 saturated heterocycles. The Bertz CT molecular complexity index is 558. The summed E-state index contributed by atoms with van der Waals surface area (Å²) in [7, 11) is 0. The molecule has 2 aromatic rings. The van der Waals surface area contributed by atoms with Crippen LogP contribution in [0.1, 0.15) is 43.2 Å². The van der Waals surface area contributed by atoms with Gasteiger partial charge in [-0.1, -0.05) is 80.4 Å². The molecule has 0 fully saturated rings. The lowest BCUT2D eigenvalue weighted by molar-refractivity contribution is -0.144. The molecule has 3 nitrogen and oxygen atoms in total. The monoisotopic (exact) mass is 297 g/mol. The third kappa shape index (κ3) is 3.37. The molecule has 1 atom stereocenters. The molecule has 0 saturated carbocycles. The minimum absolute atomic E-state index is 0.362. The number of carboxylic acids is 1. The van der Waals surface area contributed by atoms with Crippen LogP contribution in [0, 0.1) is 0 Å². The molecule has 3 N–H and O–H groups in total. The van der Waals surface area contributed by atoms with Crippen molar-refractivity contribution in [2.24, 2.45) is 5.73 Å². The highest BCUT2D eigenvalue weighted by molar-refractivity contribution is 5.81. The van der Waals surface area contributed by atoms with Crippen molar-refractivity contribution in [2.75, 3.05) is 0 Å². The van der Waals surface area contributed by atoms with Crippen molar-refractivity contribution in [3.8, 4) is 0 Å². The summed E-state index contributed by atoms with van der Waals surface area (Å²) in [4.78, 5) is 12.0. The second-order valence-corrected chi connectivity index (χ2v) is 5.70. The van der Waals surface area contributed by atoms with Gasteiger partial charge in [0.05, 0.1) is 0 Å². The Morgan fingerprint density at radius 1 is 1.05 bits per heavy atom. The van der Waals surface area contributed by atoms with Gasteiger partial charge in [-0.3, -0.25) is 4.79 Å². The van der Waals surface area contributed by atoms with Crippen LogP contribution < -0.4 is 5.73 Å². The van der Waals surface area contributed by atoms with Crippen molar-refractivity contribution in [3.63, 3.8) is 0 Å². The predicted octanol–water partition coefficient (Wildman–Crippen LogP) is 3.79. The average molecular weight is 297 g/mol. The number of rotatable bonds is 7. The first-order chi connectivity index (χ1) is 10.6. The van der Waals surface area contributed by atoms with Crippen LogP contribution in [0.2, 0.25) is 0 Å². The third-order valence-electron chi connectivity index (χ3n) is 4.12. The Kier molecular flexibility index (Phi) is 5.34. The van der Waals surface area contributed by atoms with Crippen molar-refractivity contribution in [2.45, 2.75) is 37.6 Å². The van der Waals surface area contributed by atoms with Gasteiger partial charge in [-0.2, -0.15) is 0 Å². The number of hydrogen-bond donors (Lipinski definition) is 2. The smallest absolute Gasteiger partial charge is 0.324 e. The van der Waals surface area contributed by atoms with Crippen LogP contribution in [-0.2, 0) is 4.79 Å². The number of carboxylic acid groups (broad SMARTS) is 1. The van der Waals surface area contributed by atoms with E-state index in [1.54, 1.807) is 0 Å². The number of benzene rings is 2. The molecule has 0 amide bonds. The van der Waals surface area contributed by atoms with Gasteiger partial charge in [0.1, 0.15) is 5.54 Å². The zero-order valence-electron chi connectivity index (χ0n) is 12.9. The van der Waals surface area contributed by atoms with Crippen molar-refractivity contribution in [1.82, 2.24) is 0 Å². The highest BCUT2D eigenvalue weighted by atomic mass is 16.4. The third-order valence-corrected chi connectivity index (χ3v) is 4.12. The van der Waals surface area contributed by atoms with Crippen LogP contribution in [-0.4, -0.2) is 16.6 Å². The zero-order valence-corrected chi connectivity index (χ0v) is 12.9. The maximum Gasteiger partial charge on any atom is 0.324 e. The second-order valence-electron chi connectivity index (χ2n) is 5.70. The number of nitrogens with two attached hydrogens (primary N) is 1. The first-order valence-corrected chi connectivity index (χ1v) is 7.71. The van der Waals surface area contributed by atoms with Crippen LogP contribution in [0.25, 0.3) is 0 Å². The lowest BCUT2D eigenvalue weighted by Gasteiger charge is -2.34. The molecule has 0 radical (unpaired) electrons. The van der Waals surface area contributed by atoms with Crippen molar-refractivity contribution in [1.29, 1.82) is 0 Å². The number of unbranched alkanes of at least 4 members (excludes halogenated alkanes) is 1. The van der Waals surface area contributed by atoms with E-state index >= 15 is 0 Å². The van der Waals surface area contributed by atoms with Crippen LogP contribution in [0.5, 0.6) is 0 Å². The fourth-order valence-electron chi connectivity index (χ4n) is 2.92.